The topological polar surface area (TPSA) is 18.5 Å². The van der Waals surface area contributed by atoms with Crippen molar-refractivity contribution in [3.8, 4) is 11.5 Å². The quantitative estimate of drug-likeness (QED) is 0.754. The van der Waals surface area contributed by atoms with Crippen molar-refractivity contribution in [2.45, 2.75) is 22.4 Å². The van der Waals surface area contributed by atoms with E-state index in [0.29, 0.717) is 17.7 Å². The predicted molar refractivity (Wildman–Crippen MR) is 87.8 cm³/mol. The molecule has 1 aliphatic rings. The Bertz CT molecular complexity index is 583. The van der Waals surface area contributed by atoms with Crippen molar-refractivity contribution >= 4 is 23.4 Å². The molecule has 2 nitrogen and oxygen atoms in total. The fourth-order valence-electron chi connectivity index (χ4n) is 2.51. The standard InChI is InChI=1S/C17H17ClO2S/c1-19-15-7-4-6-13(10-18)17(15)20-11-14-9-12-5-2-3-8-16(12)21-14/h2-8,14H,9-11H2,1H3. The zero-order valence-corrected chi connectivity index (χ0v) is 13.4. The van der Waals surface area contributed by atoms with E-state index in [1.54, 1.807) is 7.11 Å². The summed E-state index contributed by atoms with van der Waals surface area (Å²) >= 11 is 7.87. The lowest BCUT2D eigenvalue weighted by atomic mass is 10.1. The van der Waals surface area contributed by atoms with Crippen molar-refractivity contribution in [3.05, 3.63) is 53.6 Å². The van der Waals surface area contributed by atoms with Gasteiger partial charge in [0.25, 0.3) is 0 Å². The minimum Gasteiger partial charge on any atom is -0.493 e. The predicted octanol–water partition coefficient (Wildman–Crippen LogP) is 4.53. The van der Waals surface area contributed by atoms with Crippen LogP contribution in [0.5, 0.6) is 11.5 Å². The van der Waals surface area contributed by atoms with Gasteiger partial charge < -0.3 is 9.47 Å². The third-order valence-corrected chi connectivity index (χ3v) is 5.13. The molecule has 1 aliphatic heterocycles. The Morgan fingerprint density at radius 1 is 1.19 bits per heavy atom. The maximum Gasteiger partial charge on any atom is 0.165 e. The van der Waals surface area contributed by atoms with E-state index in [2.05, 4.69) is 24.3 Å². The van der Waals surface area contributed by atoms with Gasteiger partial charge in [0.1, 0.15) is 6.61 Å². The van der Waals surface area contributed by atoms with E-state index in [1.165, 1.54) is 10.5 Å². The molecule has 2 aromatic rings. The molecule has 3 rings (SSSR count). The Balaban J connectivity index is 1.69. The van der Waals surface area contributed by atoms with E-state index in [0.717, 1.165) is 23.5 Å². The first-order valence-electron chi connectivity index (χ1n) is 6.91. The van der Waals surface area contributed by atoms with Gasteiger partial charge >= 0.3 is 0 Å². The van der Waals surface area contributed by atoms with E-state index >= 15 is 0 Å². The van der Waals surface area contributed by atoms with Crippen molar-refractivity contribution in [1.29, 1.82) is 0 Å². The van der Waals surface area contributed by atoms with Gasteiger partial charge in [0.2, 0.25) is 0 Å². The summed E-state index contributed by atoms with van der Waals surface area (Å²) in [6, 6.07) is 14.4. The summed E-state index contributed by atoms with van der Waals surface area (Å²) in [6.45, 7) is 0.656. The monoisotopic (exact) mass is 320 g/mol. The van der Waals surface area contributed by atoms with E-state index in [4.69, 9.17) is 21.1 Å². The van der Waals surface area contributed by atoms with E-state index in [-0.39, 0.29) is 0 Å². The highest BCUT2D eigenvalue weighted by Crippen LogP contribution is 2.38. The number of methoxy groups -OCH3 is 1. The highest BCUT2D eigenvalue weighted by Gasteiger charge is 2.23. The molecule has 1 heterocycles. The second kappa shape index (κ2) is 6.63. The molecule has 0 saturated carbocycles. The molecular weight excluding hydrogens is 304 g/mol. The van der Waals surface area contributed by atoms with Gasteiger partial charge in [0, 0.05) is 15.7 Å². The molecule has 21 heavy (non-hydrogen) atoms. The van der Waals surface area contributed by atoms with E-state index in [9.17, 15) is 0 Å². The Hall–Kier alpha value is -1.32. The molecule has 110 valence electrons. The molecule has 0 saturated heterocycles. The number of para-hydroxylation sites is 1. The summed E-state index contributed by atoms with van der Waals surface area (Å²) in [5.74, 6) is 1.94. The van der Waals surface area contributed by atoms with Crippen LogP contribution in [0.25, 0.3) is 0 Å². The lowest BCUT2D eigenvalue weighted by Crippen LogP contribution is -2.14. The van der Waals surface area contributed by atoms with Gasteiger partial charge in [-0.1, -0.05) is 30.3 Å². The minimum absolute atomic E-state index is 0.421. The van der Waals surface area contributed by atoms with Crippen molar-refractivity contribution in [1.82, 2.24) is 0 Å². The lowest BCUT2D eigenvalue weighted by Gasteiger charge is -2.16. The van der Waals surface area contributed by atoms with Crippen molar-refractivity contribution in [2.24, 2.45) is 0 Å². The van der Waals surface area contributed by atoms with Crippen LogP contribution < -0.4 is 9.47 Å². The van der Waals surface area contributed by atoms with Crippen LogP contribution in [0.3, 0.4) is 0 Å². The molecule has 0 N–H and O–H groups in total. The normalized spacial score (nSPS) is 16.6. The first kappa shape index (κ1) is 14.6. The molecule has 4 heteroatoms. The molecule has 2 aromatic carbocycles. The van der Waals surface area contributed by atoms with Crippen LogP contribution in [-0.4, -0.2) is 19.0 Å². The third kappa shape index (κ3) is 3.14. The van der Waals surface area contributed by atoms with Crippen molar-refractivity contribution < 1.29 is 9.47 Å². The Kier molecular flexibility index (Phi) is 4.61. The number of fused-ring (bicyclic) bond motifs is 1. The maximum absolute atomic E-state index is 6.03. The lowest BCUT2D eigenvalue weighted by molar-refractivity contribution is 0.292. The van der Waals surface area contributed by atoms with Crippen LogP contribution in [0.4, 0.5) is 0 Å². The first-order chi connectivity index (χ1) is 10.3. The maximum atomic E-state index is 6.03. The van der Waals surface area contributed by atoms with Gasteiger partial charge in [-0.25, -0.2) is 0 Å². The van der Waals surface area contributed by atoms with Crippen LogP contribution in [0.1, 0.15) is 11.1 Å². The smallest absolute Gasteiger partial charge is 0.165 e. The number of thioether (sulfide) groups is 1. The zero-order chi connectivity index (χ0) is 14.7. The molecule has 0 aliphatic carbocycles. The van der Waals surface area contributed by atoms with Gasteiger partial charge in [0.05, 0.1) is 13.0 Å². The largest absolute Gasteiger partial charge is 0.493 e. The number of rotatable bonds is 5. The molecule has 0 spiro atoms. The van der Waals surface area contributed by atoms with Crippen molar-refractivity contribution in [2.75, 3.05) is 13.7 Å². The van der Waals surface area contributed by atoms with Gasteiger partial charge in [0.15, 0.2) is 11.5 Å². The van der Waals surface area contributed by atoms with E-state index < -0.39 is 0 Å². The van der Waals surface area contributed by atoms with Crippen LogP contribution in [0, 0.1) is 0 Å². The molecule has 0 bridgehead atoms. The molecule has 0 aromatic heterocycles. The Labute approximate surface area is 134 Å². The highest BCUT2D eigenvalue weighted by atomic mass is 35.5. The Morgan fingerprint density at radius 3 is 2.81 bits per heavy atom. The molecule has 1 unspecified atom stereocenters. The molecule has 0 radical (unpaired) electrons. The summed E-state index contributed by atoms with van der Waals surface area (Å²) < 4.78 is 11.4. The second-order valence-electron chi connectivity index (χ2n) is 4.94. The number of hydrogen-bond donors (Lipinski definition) is 0. The zero-order valence-electron chi connectivity index (χ0n) is 11.8. The first-order valence-corrected chi connectivity index (χ1v) is 8.32. The molecule has 0 amide bonds. The average molecular weight is 321 g/mol. The number of benzene rings is 2. The molecule has 0 fully saturated rings. The molecule has 1 atom stereocenters. The van der Waals surface area contributed by atoms with Gasteiger partial charge in [-0.2, -0.15) is 0 Å². The van der Waals surface area contributed by atoms with Crippen LogP contribution in [0.2, 0.25) is 0 Å². The second-order valence-corrected chi connectivity index (χ2v) is 6.55. The summed E-state index contributed by atoms with van der Waals surface area (Å²) in [6.07, 6.45) is 1.05. The number of alkyl halides is 1. The fraction of sp³-hybridized carbons (Fsp3) is 0.294. The summed E-state index contributed by atoms with van der Waals surface area (Å²) in [4.78, 5) is 1.36. The third-order valence-electron chi connectivity index (χ3n) is 3.55. The SMILES string of the molecule is COc1cccc(CCl)c1OCC1Cc2ccccc2S1. The molecular formula is C17H17ClO2S. The number of halogens is 1. The van der Waals surface area contributed by atoms with Gasteiger partial charge in [-0.05, 0) is 24.1 Å². The van der Waals surface area contributed by atoms with Crippen LogP contribution in [0.15, 0.2) is 47.4 Å². The Morgan fingerprint density at radius 2 is 2.05 bits per heavy atom. The number of ether oxygens (including phenoxy) is 2. The number of hydrogen-bond acceptors (Lipinski definition) is 3. The van der Waals surface area contributed by atoms with Crippen LogP contribution in [-0.2, 0) is 12.3 Å². The fourth-order valence-corrected chi connectivity index (χ4v) is 3.94. The minimum atomic E-state index is 0.421. The van der Waals surface area contributed by atoms with Crippen LogP contribution >= 0.6 is 23.4 Å². The van der Waals surface area contributed by atoms with Gasteiger partial charge in [-0.3, -0.25) is 0 Å². The average Bonchev–Trinajstić information content (AvgIpc) is 2.95. The summed E-state index contributed by atoms with van der Waals surface area (Å²) in [5.41, 5.74) is 2.38. The highest BCUT2D eigenvalue weighted by molar-refractivity contribution is 8.00. The van der Waals surface area contributed by atoms with Crippen molar-refractivity contribution in [3.63, 3.8) is 0 Å². The van der Waals surface area contributed by atoms with Gasteiger partial charge in [-0.15, -0.1) is 23.4 Å². The summed E-state index contributed by atoms with van der Waals surface area (Å²) in [5, 5.41) is 0.440. The summed E-state index contributed by atoms with van der Waals surface area (Å²) in [7, 11) is 1.65. The van der Waals surface area contributed by atoms with E-state index in [1.807, 2.05) is 30.0 Å².